The highest BCUT2D eigenvalue weighted by atomic mass is 16.3. The monoisotopic (exact) mass is 350 g/mol. The lowest BCUT2D eigenvalue weighted by Crippen LogP contribution is -2.40. The molecule has 1 unspecified atom stereocenters. The Morgan fingerprint density at radius 3 is 2.00 bits per heavy atom. The van der Waals surface area contributed by atoms with E-state index in [4.69, 9.17) is 9.98 Å². The Hall–Kier alpha value is -2.62. The molecule has 2 atom stereocenters. The van der Waals surface area contributed by atoms with Crippen molar-refractivity contribution in [3.8, 4) is 11.5 Å². The summed E-state index contributed by atoms with van der Waals surface area (Å²) in [6.45, 7) is 6.53. The minimum atomic E-state index is -0.268. The zero-order valence-corrected chi connectivity index (χ0v) is 15.6. The second kappa shape index (κ2) is 6.94. The van der Waals surface area contributed by atoms with Crippen LogP contribution in [0.2, 0.25) is 0 Å². The molecule has 0 aromatic heterocycles. The summed E-state index contributed by atoms with van der Waals surface area (Å²) in [5, 5.41) is 19.9. The van der Waals surface area contributed by atoms with Gasteiger partial charge >= 0.3 is 0 Å². The van der Waals surface area contributed by atoms with Gasteiger partial charge in [-0.05, 0) is 44.0 Å². The molecule has 3 rings (SSSR count). The third-order valence-corrected chi connectivity index (χ3v) is 5.88. The van der Waals surface area contributed by atoms with Crippen LogP contribution in [0.3, 0.4) is 0 Å². The first-order valence-electron chi connectivity index (χ1n) is 8.98. The van der Waals surface area contributed by atoms with Crippen LogP contribution in [-0.2, 0) is 0 Å². The van der Waals surface area contributed by atoms with Crippen molar-refractivity contribution >= 4 is 12.4 Å². The van der Waals surface area contributed by atoms with Crippen LogP contribution in [0.5, 0.6) is 11.5 Å². The first-order valence-corrected chi connectivity index (χ1v) is 8.98. The topological polar surface area (TPSA) is 65.2 Å². The van der Waals surface area contributed by atoms with Crippen LogP contribution >= 0.6 is 0 Å². The van der Waals surface area contributed by atoms with Gasteiger partial charge in [-0.2, -0.15) is 0 Å². The van der Waals surface area contributed by atoms with Crippen LogP contribution in [0.1, 0.15) is 44.7 Å². The molecule has 1 aliphatic rings. The molecule has 0 saturated heterocycles. The number of aliphatic imine (C=N–C) groups is 2. The summed E-state index contributed by atoms with van der Waals surface area (Å²) in [5.41, 5.74) is 1.05. The third kappa shape index (κ3) is 3.36. The zero-order valence-electron chi connectivity index (χ0n) is 15.6. The molecule has 4 heteroatoms. The van der Waals surface area contributed by atoms with Gasteiger partial charge in [0.1, 0.15) is 11.5 Å². The molecule has 1 saturated carbocycles. The lowest BCUT2D eigenvalue weighted by atomic mass is 9.74. The largest absolute Gasteiger partial charge is 0.507 e. The molecule has 0 spiro atoms. The van der Waals surface area contributed by atoms with Gasteiger partial charge in [0.15, 0.2) is 0 Å². The number of para-hydroxylation sites is 2. The first-order chi connectivity index (χ1) is 12.3. The maximum atomic E-state index is 9.95. The van der Waals surface area contributed by atoms with E-state index >= 15 is 0 Å². The molecule has 26 heavy (non-hydrogen) atoms. The first kappa shape index (κ1) is 18.2. The molecule has 1 aliphatic carbocycles. The van der Waals surface area contributed by atoms with E-state index in [1.54, 1.807) is 36.7 Å². The highest BCUT2D eigenvalue weighted by Crippen LogP contribution is 2.50. The van der Waals surface area contributed by atoms with E-state index in [1.165, 1.54) is 0 Å². The molecule has 1 fully saturated rings. The minimum Gasteiger partial charge on any atom is -0.507 e. The molecule has 0 amide bonds. The summed E-state index contributed by atoms with van der Waals surface area (Å²) < 4.78 is 0. The van der Waals surface area contributed by atoms with E-state index in [0.717, 1.165) is 24.0 Å². The van der Waals surface area contributed by atoms with Crippen molar-refractivity contribution < 1.29 is 10.2 Å². The predicted octanol–water partition coefficient (Wildman–Crippen LogP) is 4.58. The Kier molecular flexibility index (Phi) is 4.86. The third-order valence-electron chi connectivity index (χ3n) is 5.88. The van der Waals surface area contributed by atoms with Gasteiger partial charge < -0.3 is 10.2 Å². The van der Waals surface area contributed by atoms with Crippen molar-refractivity contribution in [1.82, 2.24) is 0 Å². The number of phenolic OH excluding ortho intramolecular Hbond substituents is 2. The fourth-order valence-electron chi connectivity index (χ4n) is 3.53. The molecule has 2 aromatic carbocycles. The number of nitrogens with zero attached hydrogens (tertiary/aromatic N) is 2. The Balaban J connectivity index is 1.81. The van der Waals surface area contributed by atoms with Gasteiger partial charge in [0.25, 0.3) is 0 Å². The Morgan fingerprint density at radius 2 is 1.42 bits per heavy atom. The molecule has 0 heterocycles. The molecule has 4 nitrogen and oxygen atoms in total. The van der Waals surface area contributed by atoms with Crippen LogP contribution in [0.4, 0.5) is 0 Å². The van der Waals surface area contributed by atoms with Crippen LogP contribution in [0, 0.1) is 5.41 Å². The lowest BCUT2D eigenvalue weighted by Gasteiger charge is -2.37. The number of hydrogen-bond acceptors (Lipinski definition) is 4. The summed E-state index contributed by atoms with van der Waals surface area (Å²) in [6, 6.07) is 14.6. The van der Waals surface area contributed by atoms with Crippen molar-refractivity contribution in [2.24, 2.45) is 15.4 Å². The second-order valence-corrected chi connectivity index (χ2v) is 7.70. The van der Waals surface area contributed by atoms with E-state index in [0.29, 0.717) is 0 Å². The van der Waals surface area contributed by atoms with Crippen molar-refractivity contribution in [3.63, 3.8) is 0 Å². The van der Waals surface area contributed by atoms with E-state index in [9.17, 15) is 10.2 Å². The smallest absolute Gasteiger partial charge is 0.124 e. The average molecular weight is 350 g/mol. The summed E-state index contributed by atoms with van der Waals surface area (Å²) in [4.78, 5) is 9.62. The predicted molar refractivity (Wildman–Crippen MR) is 107 cm³/mol. The van der Waals surface area contributed by atoms with Gasteiger partial charge in [-0.1, -0.05) is 38.1 Å². The fraction of sp³-hybridized carbons (Fsp3) is 0.364. The van der Waals surface area contributed by atoms with Crippen molar-refractivity contribution in [2.45, 2.75) is 45.2 Å². The van der Waals surface area contributed by atoms with Crippen LogP contribution < -0.4 is 0 Å². The van der Waals surface area contributed by atoms with E-state index in [1.807, 2.05) is 24.3 Å². The Morgan fingerprint density at radius 1 is 0.885 bits per heavy atom. The van der Waals surface area contributed by atoms with Crippen LogP contribution in [-0.4, -0.2) is 34.2 Å². The van der Waals surface area contributed by atoms with E-state index in [-0.39, 0.29) is 28.5 Å². The standard InChI is InChI=1S/C22H26N2O2/c1-21(2)20(23-14-16-8-4-6-10-18(16)25)12-13-22(21,3)24-15-17-9-5-7-11-19(17)26/h4-11,14-15,20,25-26H,12-13H2,1-3H3/t20?,22-/m1/s1. The van der Waals surface area contributed by atoms with Gasteiger partial charge in [-0.15, -0.1) is 0 Å². The van der Waals surface area contributed by atoms with Crippen molar-refractivity contribution in [3.05, 3.63) is 59.7 Å². The average Bonchev–Trinajstić information content (AvgIpc) is 2.84. The summed E-state index contributed by atoms with van der Waals surface area (Å²) in [5.74, 6) is 0.483. The second-order valence-electron chi connectivity index (χ2n) is 7.70. The number of aromatic hydroxyl groups is 2. The number of hydrogen-bond donors (Lipinski definition) is 2. The lowest BCUT2D eigenvalue weighted by molar-refractivity contribution is 0.211. The summed E-state index contributed by atoms with van der Waals surface area (Å²) >= 11 is 0. The summed E-state index contributed by atoms with van der Waals surface area (Å²) in [6.07, 6.45) is 5.39. The van der Waals surface area contributed by atoms with Gasteiger partial charge in [0.2, 0.25) is 0 Å². The number of benzene rings is 2. The molecular formula is C22H26N2O2. The Bertz CT molecular complexity index is 842. The quantitative estimate of drug-likeness (QED) is 0.793. The van der Waals surface area contributed by atoms with Crippen LogP contribution in [0.25, 0.3) is 0 Å². The van der Waals surface area contributed by atoms with E-state index < -0.39 is 0 Å². The fourth-order valence-corrected chi connectivity index (χ4v) is 3.53. The van der Waals surface area contributed by atoms with Gasteiger partial charge in [-0.3, -0.25) is 9.98 Å². The molecule has 0 aliphatic heterocycles. The zero-order chi connectivity index (χ0) is 18.8. The van der Waals surface area contributed by atoms with Gasteiger partial charge in [0.05, 0.1) is 11.6 Å². The maximum absolute atomic E-state index is 9.95. The number of rotatable bonds is 4. The van der Waals surface area contributed by atoms with Gasteiger partial charge in [-0.25, -0.2) is 0 Å². The molecule has 136 valence electrons. The highest BCUT2D eigenvalue weighted by Gasteiger charge is 2.51. The van der Waals surface area contributed by atoms with E-state index in [2.05, 4.69) is 20.8 Å². The Labute approximate surface area is 155 Å². The number of phenols is 2. The molecule has 0 radical (unpaired) electrons. The summed E-state index contributed by atoms with van der Waals surface area (Å²) in [7, 11) is 0. The molecule has 2 N–H and O–H groups in total. The minimum absolute atomic E-state index is 0.119. The van der Waals surface area contributed by atoms with Crippen molar-refractivity contribution in [2.75, 3.05) is 0 Å². The van der Waals surface area contributed by atoms with Gasteiger partial charge in [0, 0.05) is 29.0 Å². The highest BCUT2D eigenvalue weighted by molar-refractivity contribution is 5.84. The van der Waals surface area contributed by atoms with Crippen molar-refractivity contribution in [1.29, 1.82) is 0 Å². The normalized spacial score (nSPS) is 25.3. The molecule has 0 bridgehead atoms. The van der Waals surface area contributed by atoms with Crippen LogP contribution in [0.15, 0.2) is 58.5 Å². The maximum Gasteiger partial charge on any atom is 0.124 e. The molecule has 2 aromatic rings. The molecular weight excluding hydrogens is 324 g/mol. The SMILES string of the molecule is CC1(C)C(N=Cc2ccccc2O)CC[C@@]1(C)N=Cc1ccccc1O.